The summed E-state index contributed by atoms with van der Waals surface area (Å²) in [5, 5.41) is 3.74. The average Bonchev–Trinajstić information content (AvgIpc) is 2.33. The molecule has 1 atom stereocenters. The third kappa shape index (κ3) is 2.80. The van der Waals surface area contributed by atoms with Gasteiger partial charge >= 0.3 is 0 Å². The lowest BCUT2D eigenvalue weighted by molar-refractivity contribution is 0.217. The van der Waals surface area contributed by atoms with E-state index in [0.717, 1.165) is 5.75 Å². The zero-order valence-electron chi connectivity index (χ0n) is 12.0. The molecule has 0 aromatic heterocycles. The molecule has 2 rings (SSSR count). The minimum atomic E-state index is 0.393. The fourth-order valence-electron chi connectivity index (χ4n) is 2.87. The molecule has 1 aliphatic carbocycles. The van der Waals surface area contributed by atoms with Crippen molar-refractivity contribution in [3.05, 3.63) is 23.8 Å². The SMILES string of the molecule is COc1ccc(NC2CCCCC2(C)C)c(C)c1. The van der Waals surface area contributed by atoms with Gasteiger partial charge in [-0.2, -0.15) is 0 Å². The Kier molecular flexibility index (Phi) is 3.84. The quantitative estimate of drug-likeness (QED) is 0.855. The number of methoxy groups -OCH3 is 1. The first kappa shape index (κ1) is 13.3. The van der Waals surface area contributed by atoms with Crippen molar-refractivity contribution in [2.24, 2.45) is 5.41 Å². The fraction of sp³-hybridized carbons (Fsp3) is 0.625. The molecule has 1 aromatic rings. The summed E-state index contributed by atoms with van der Waals surface area (Å²) in [5.41, 5.74) is 2.90. The van der Waals surface area contributed by atoms with Crippen LogP contribution in [0.4, 0.5) is 5.69 Å². The summed E-state index contributed by atoms with van der Waals surface area (Å²) < 4.78 is 5.25. The van der Waals surface area contributed by atoms with E-state index in [1.54, 1.807) is 7.11 Å². The zero-order valence-corrected chi connectivity index (χ0v) is 12.0. The Labute approximate surface area is 111 Å². The Morgan fingerprint density at radius 3 is 2.67 bits per heavy atom. The Morgan fingerprint density at radius 2 is 2.06 bits per heavy atom. The van der Waals surface area contributed by atoms with Gasteiger partial charge in [-0.1, -0.05) is 26.7 Å². The van der Waals surface area contributed by atoms with Crippen LogP contribution in [0, 0.1) is 12.3 Å². The van der Waals surface area contributed by atoms with Crippen LogP contribution in [0.25, 0.3) is 0 Å². The molecule has 0 spiro atoms. The third-order valence-electron chi connectivity index (χ3n) is 4.27. The number of ether oxygens (including phenoxy) is 1. The second-order valence-corrected chi connectivity index (χ2v) is 6.11. The van der Waals surface area contributed by atoms with Crippen molar-refractivity contribution in [3.8, 4) is 5.75 Å². The maximum absolute atomic E-state index is 5.25. The number of nitrogens with one attached hydrogen (secondary N) is 1. The van der Waals surface area contributed by atoms with Gasteiger partial charge in [-0.05, 0) is 48.9 Å². The lowest BCUT2D eigenvalue weighted by Gasteiger charge is -2.40. The summed E-state index contributed by atoms with van der Waals surface area (Å²) in [6, 6.07) is 6.85. The number of hydrogen-bond donors (Lipinski definition) is 1. The van der Waals surface area contributed by atoms with Gasteiger partial charge in [-0.15, -0.1) is 0 Å². The normalized spacial score (nSPS) is 22.6. The average molecular weight is 247 g/mol. The van der Waals surface area contributed by atoms with Crippen LogP contribution in [0.15, 0.2) is 18.2 Å². The second kappa shape index (κ2) is 5.21. The van der Waals surface area contributed by atoms with Crippen molar-refractivity contribution in [2.45, 2.75) is 52.5 Å². The van der Waals surface area contributed by atoms with Gasteiger partial charge in [0.25, 0.3) is 0 Å². The fourth-order valence-corrected chi connectivity index (χ4v) is 2.87. The summed E-state index contributed by atoms with van der Waals surface area (Å²) in [4.78, 5) is 0. The number of rotatable bonds is 3. The predicted molar refractivity (Wildman–Crippen MR) is 77.4 cm³/mol. The van der Waals surface area contributed by atoms with Gasteiger partial charge in [0, 0.05) is 11.7 Å². The smallest absolute Gasteiger partial charge is 0.119 e. The molecule has 2 nitrogen and oxygen atoms in total. The summed E-state index contributed by atoms with van der Waals surface area (Å²) in [7, 11) is 1.71. The number of hydrogen-bond acceptors (Lipinski definition) is 2. The molecule has 0 aliphatic heterocycles. The number of aryl methyl sites for hydroxylation is 1. The van der Waals surface area contributed by atoms with E-state index in [4.69, 9.17) is 4.74 Å². The lowest BCUT2D eigenvalue weighted by atomic mass is 9.73. The Morgan fingerprint density at radius 1 is 1.28 bits per heavy atom. The molecule has 0 saturated heterocycles. The van der Waals surface area contributed by atoms with E-state index in [9.17, 15) is 0 Å². The van der Waals surface area contributed by atoms with Gasteiger partial charge in [0.15, 0.2) is 0 Å². The van der Waals surface area contributed by atoms with E-state index in [1.165, 1.54) is 36.9 Å². The monoisotopic (exact) mass is 247 g/mol. The van der Waals surface area contributed by atoms with Crippen molar-refractivity contribution in [2.75, 3.05) is 12.4 Å². The first-order valence-corrected chi connectivity index (χ1v) is 6.94. The first-order chi connectivity index (χ1) is 8.53. The molecule has 0 bridgehead atoms. The molecule has 1 aliphatic rings. The highest BCUT2D eigenvalue weighted by Gasteiger charge is 2.32. The molecule has 18 heavy (non-hydrogen) atoms. The molecule has 1 fully saturated rings. The topological polar surface area (TPSA) is 21.3 Å². The van der Waals surface area contributed by atoms with Crippen LogP contribution in [-0.2, 0) is 0 Å². The molecule has 2 heteroatoms. The molecular formula is C16H25NO. The van der Waals surface area contributed by atoms with Gasteiger partial charge in [0.2, 0.25) is 0 Å². The van der Waals surface area contributed by atoms with E-state index in [2.05, 4.69) is 38.2 Å². The van der Waals surface area contributed by atoms with Crippen LogP contribution in [0.5, 0.6) is 5.75 Å². The van der Waals surface area contributed by atoms with Crippen molar-refractivity contribution < 1.29 is 4.74 Å². The van der Waals surface area contributed by atoms with E-state index in [-0.39, 0.29) is 0 Å². The molecular weight excluding hydrogens is 222 g/mol. The minimum absolute atomic E-state index is 0.393. The van der Waals surface area contributed by atoms with Crippen molar-refractivity contribution in [1.82, 2.24) is 0 Å². The summed E-state index contributed by atoms with van der Waals surface area (Å²) in [5.74, 6) is 0.931. The second-order valence-electron chi connectivity index (χ2n) is 6.11. The van der Waals surface area contributed by atoms with Crippen LogP contribution in [0.3, 0.4) is 0 Å². The van der Waals surface area contributed by atoms with E-state index < -0.39 is 0 Å². The lowest BCUT2D eigenvalue weighted by Crippen LogP contribution is -2.39. The standard InChI is InChI=1S/C16H25NO/c1-12-11-13(18-4)8-9-14(12)17-15-7-5-6-10-16(15,2)3/h8-9,11,15,17H,5-7,10H2,1-4H3. The summed E-state index contributed by atoms with van der Waals surface area (Å²) in [6.45, 7) is 6.89. The number of benzene rings is 1. The molecule has 1 saturated carbocycles. The Hall–Kier alpha value is -1.18. The summed E-state index contributed by atoms with van der Waals surface area (Å²) >= 11 is 0. The molecule has 1 N–H and O–H groups in total. The van der Waals surface area contributed by atoms with Crippen LogP contribution in [0.2, 0.25) is 0 Å². The Bertz CT molecular complexity index is 412. The first-order valence-electron chi connectivity index (χ1n) is 6.94. The molecule has 0 heterocycles. The highest BCUT2D eigenvalue weighted by molar-refractivity contribution is 5.54. The molecule has 100 valence electrons. The van der Waals surface area contributed by atoms with Gasteiger partial charge in [0.05, 0.1) is 7.11 Å². The maximum Gasteiger partial charge on any atom is 0.119 e. The highest BCUT2D eigenvalue weighted by atomic mass is 16.5. The Balaban J connectivity index is 2.13. The van der Waals surface area contributed by atoms with Crippen LogP contribution in [-0.4, -0.2) is 13.2 Å². The third-order valence-corrected chi connectivity index (χ3v) is 4.27. The maximum atomic E-state index is 5.25. The van der Waals surface area contributed by atoms with Crippen LogP contribution < -0.4 is 10.1 Å². The largest absolute Gasteiger partial charge is 0.497 e. The van der Waals surface area contributed by atoms with Gasteiger partial charge in [-0.25, -0.2) is 0 Å². The zero-order chi connectivity index (χ0) is 13.2. The number of anilines is 1. The van der Waals surface area contributed by atoms with Crippen molar-refractivity contribution >= 4 is 5.69 Å². The van der Waals surface area contributed by atoms with E-state index in [0.29, 0.717) is 11.5 Å². The molecule has 1 unspecified atom stereocenters. The van der Waals surface area contributed by atoms with E-state index in [1.807, 2.05) is 6.07 Å². The van der Waals surface area contributed by atoms with Gasteiger partial charge in [0.1, 0.15) is 5.75 Å². The minimum Gasteiger partial charge on any atom is -0.497 e. The molecule has 0 amide bonds. The highest BCUT2D eigenvalue weighted by Crippen LogP contribution is 2.37. The van der Waals surface area contributed by atoms with Gasteiger partial charge < -0.3 is 10.1 Å². The van der Waals surface area contributed by atoms with Crippen LogP contribution in [0.1, 0.15) is 45.1 Å². The van der Waals surface area contributed by atoms with E-state index >= 15 is 0 Å². The van der Waals surface area contributed by atoms with Crippen molar-refractivity contribution in [1.29, 1.82) is 0 Å². The van der Waals surface area contributed by atoms with Gasteiger partial charge in [-0.3, -0.25) is 0 Å². The van der Waals surface area contributed by atoms with Crippen molar-refractivity contribution in [3.63, 3.8) is 0 Å². The van der Waals surface area contributed by atoms with Crippen LogP contribution >= 0.6 is 0 Å². The predicted octanol–water partition coefficient (Wildman–Crippen LogP) is 4.38. The summed E-state index contributed by atoms with van der Waals surface area (Å²) in [6.07, 6.45) is 5.31. The molecule has 1 aromatic carbocycles. The molecule has 0 radical (unpaired) electrons.